The van der Waals surface area contributed by atoms with Crippen LogP contribution >= 0.6 is 0 Å². The predicted molar refractivity (Wildman–Crippen MR) is 132 cm³/mol. The first-order valence-electron chi connectivity index (χ1n) is 11.8. The molecule has 0 heterocycles. The van der Waals surface area contributed by atoms with Crippen LogP contribution < -0.4 is 5.32 Å². The molecule has 5 heteroatoms. The second-order valence-corrected chi connectivity index (χ2v) is 9.90. The number of nitrogens with one attached hydrogen (secondary N) is 1. The van der Waals surface area contributed by atoms with Gasteiger partial charge in [-0.1, -0.05) is 48.5 Å². The van der Waals surface area contributed by atoms with E-state index in [1.807, 2.05) is 31.2 Å². The predicted octanol–water partition coefficient (Wildman–Crippen LogP) is 4.79. The Morgan fingerprint density at radius 1 is 1.15 bits per heavy atom. The summed E-state index contributed by atoms with van der Waals surface area (Å²) in [6, 6.07) is 16.3. The summed E-state index contributed by atoms with van der Waals surface area (Å²) in [5.74, 6) is -0.318. The smallest absolute Gasteiger partial charge is 0.331 e. The summed E-state index contributed by atoms with van der Waals surface area (Å²) < 4.78 is 5.95. The molecule has 0 spiro atoms. The molecular formula is C28H37NO4. The quantitative estimate of drug-likeness (QED) is 0.428. The molecule has 2 aromatic carbocycles. The van der Waals surface area contributed by atoms with Gasteiger partial charge in [-0.15, -0.1) is 0 Å². The van der Waals surface area contributed by atoms with Crippen LogP contribution in [0.2, 0.25) is 0 Å². The van der Waals surface area contributed by atoms with Crippen LogP contribution in [-0.2, 0) is 22.4 Å². The molecule has 0 radical (unpaired) electrons. The Morgan fingerprint density at radius 3 is 2.39 bits per heavy atom. The largest absolute Gasteiger partial charge is 0.478 e. The second kappa shape index (κ2) is 11.1. The minimum atomic E-state index is -0.941. The van der Waals surface area contributed by atoms with Gasteiger partial charge >= 0.3 is 5.97 Å². The maximum atomic E-state index is 11.2. The molecule has 0 amide bonds. The van der Waals surface area contributed by atoms with Gasteiger partial charge in [0.2, 0.25) is 0 Å². The monoisotopic (exact) mass is 451 g/mol. The fourth-order valence-electron chi connectivity index (χ4n) is 4.69. The molecule has 5 nitrogen and oxygen atoms in total. The first-order chi connectivity index (χ1) is 15.6. The van der Waals surface area contributed by atoms with Crippen LogP contribution in [0.15, 0.2) is 54.1 Å². The van der Waals surface area contributed by atoms with Gasteiger partial charge in [0.15, 0.2) is 0 Å². The molecule has 3 rings (SSSR count). The molecule has 178 valence electrons. The lowest BCUT2D eigenvalue weighted by molar-refractivity contribution is -0.132. The Hall–Kier alpha value is -2.47. The van der Waals surface area contributed by atoms with Crippen LogP contribution in [0.5, 0.6) is 0 Å². The van der Waals surface area contributed by atoms with Crippen LogP contribution in [0, 0.1) is 5.92 Å². The number of carbonyl (C=O) groups is 1. The van der Waals surface area contributed by atoms with Crippen LogP contribution in [0.1, 0.15) is 62.5 Å². The average Bonchev–Trinajstić information content (AvgIpc) is 3.17. The first-order valence-corrected chi connectivity index (χ1v) is 11.8. The summed E-state index contributed by atoms with van der Waals surface area (Å²) in [6.45, 7) is 8.55. The third-order valence-electron chi connectivity index (χ3n) is 6.43. The van der Waals surface area contributed by atoms with Crippen molar-refractivity contribution in [2.24, 2.45) is 5.92 Å². The minimum absolute atomic E-state index is 0.0783. The van der Waals surface area contributed by atoms with E-state index in [4.69, 9.17) is 9.84 Å². The summed E-state index contributed by atoms with van der Waals surface area (Å²) in [4.78, 5) is 11.2. The molecule has 0 unspecified atom stereocenters. The molecule has 0 fully saturated rings. The number of aliphatic hydroxyl groups excluding tert-OH is 1. The van der Waals surface area contributed by atoms with Gasteiger partial charge in [0.25, 0.3) is 0 Å². The fourth-order valence-corrected chi connectivity index (χ4v) is 4.69. The van der Waals surface area contributed by atoms with Gasteiger partial charge in [0.1, 0.15) is 0 Å². The lowest BCUT2D eigenvalue weighted by atomic mass is 9.88. The third-order valence-corrected chi connectivity index (χ3v) is 6.43. The average molecular weight is 452 g/mol. The standard InChI is InChI=1S/C28H37NO4/c1-19(27(31)32)13-24-11-7-8-12-26(24)20(2)33-18-25(30)17-29-28(3,4)16-21-14-22-9-5-6-10-23(22)15-21/h5-13,20-21,25,29-30H,14-18H2,1-4H3,(H,31,32)/t20-,25-/m1/s1. The maximum Gasteiger partial charge on any atom is 0.331 e. The lowest BCUT2D eigenvalue weighted by Gasteiger charge is -2.31. The SMILES string of the molecule is CC(=Cc1ccccc1[C@@H](C)OC[C@H](O)CNC(C)(C)CC1Cc2ccccc2C1)C(=O)O. The van der Waals surface area contributed by atoms with E-state index in [1.165, 1.54) is 11.1 Å². The number of carboxylic acid groups (broad SMARTS) is 1. The van der Waals surface area contributed by atoms with Crippen molar-refractivity contribution in [2.45, 2.75) is 64.7 Å². The van der Waals surface area contributed by atoms with Gasteiger partial charge < -0.3 is 20.3 Å². The molecule has 1 aliphatic rings. The van der Waals surface area contributed by atoms with E-state index in [-0.39, 0.29) is 23.8 Å². The van der Waals surface area contributed by atoms with E-state index in [0.29, 0.717) is 12.5 Å². The van der Waals surface area contributed by atoms with Crippen LogP contribution in [0.3, 0.4) is 0 Å². The fraction of sp³-hybridized carbons (Fsp3) is 0.464. The molecule has 0 bridgehead atoms. The maximum absolute atomic E-state index is 11.2. The zero-order valence-corrected chi connectivity index (χ0v) is 20.2. The molecular weight excluding hydrogens is 414 g/mol. The van der Waals surface area contributed by atoms with Gasteiger partial charge in [0, 0.05) is 17.7 Å². The van der Waals surface area contributed by atoms with E-state index in [9.17, 15) is 9.90 Å². The van der Waals surface area contributed by atoms with Gasteiger partial charge in [-0.3, -0.25) is 0 Å². The number of rotatable bonds is 11. The summed E-state index contributed by atoms with van der Waals surface area (Å²) in [6.07, 6.45) is 4.06. The number of β-amino-alcohol motifs (C(OH)–C–C–N with tert-alkyl or cyclic N) is 1. The van der Waals surface area contributed by atoms with Gasteiger partial charge in [-0.2, -0.15) is 0 Å². The summed E-state index contributed by atoms with van der Waals surface area (Å²) in [7, 11) is 0. The highest BCUT2D eigenvalue weighted by molar-refractivity contribution is 5.91. The van der Waals surface area contributed by atoms with Crippen molar-refractivity contribution >= 4 is 12.0 Å². The van der Waals surface area contributed by atoms with E-state index in [1.54, 1.807) is 13.0 Å². The topological polar surface area (TPSA) is 78.8 Å². The van der Waals surface area contributed by atoms with Crippen molar-refractivity contribution in [3.63, 3.8) is 0 Å². The van der Waals surface area contributed by atoms with Crippen molar-refractivity contribution in [1.29, 1.82) is 0 Å². The number of benzene rings is 2. The number of carboxylic acids is 1. The van der Waals surface area contributed by atoms with Crippen molar-refractivity contribution < 1.29 is 19.7 Å². The minimum Gasteiger partial charge on any atom is -0.478 e. The van der Waals surface area contributed by atoms with Crippen LogP contribution in [0.25, 0.3) is 6.08 Å². The molecule has 1 aliphatic carbocycles. The van der Waals surface area contributed by atoms with Crippen molar-refractivity contribution in [3.8, 4) is 0 Å². The van der Waals surface area contributed by atoms with E-state index in [0.717, 1.165) is 30.4 Å². The number of aliphatic hydroxyl groups is 1. The van der Waals surface area contributed by atoms with E-state index in [2.05, 4.69) is 43.4 Å². The second-order valence-electron chi connectivity index (χ2n) is 9.90. The highest BCUT2D eigenvalue weighted by Gasteiger charge is 2.28. The molecule has 0 saturated carbocycles. The van der Waals surface area contributed by atoms with Crippen molar-refractivity contribution in [1.82, 2.24) is 5.32 Å². The number of ether oxygens (including phenoxy) is 1. The molecule has 0 aromatic heterocycles. The van der Waals surface area contributed by atoms with Gasteiger partial charge in [0.05, 0.1) is 18.8 Å². The summed E-state index contributed by atoms with van der Waals surface area (Å²) in [5, 5.41) is 23.2. The normalized spacial score (nSPS) is 16.5. The number of hydrogen-bond donors (Lipinski definition) is 3. The Labute approximate surface area is 197 Å². The highest BCUT2D eigenvalue weighted by atomic mass is 16.5. The molecule has 3 N–H and O–H groups in total. The Balaban J connectivity index is 1.47. The third kappa shape index (κ3) is 7.26. The van der Waals surface area contributed by atoms with Crippen molar-refractivity contribution in [2.75, 3.05) is 13.2 Å². The zero-order chi connectivity index (χ0) is 24.0. The summed E-state index contributed by atoms with van der Waals surface area (Å²) in [5.41, 5.74) is 4.84. The molecule has 2 atom stereocenters. The molecule has 0 aliphatic heterocycles. The Bertz CT molecular complexity index is 956. The van der Waals surface area contributed by atoms with E-state index < -0.39 is 12.1 Å². The van der Waals surface area contributed by atoms with Crippen LogP contribution in [0.4, 0.5) is 0 Å². The number of hydrogen-bond acceptors (Lipinski definition) is 4. The van der Waals surface area contributed by atoms with Crippen molar-refractivity contribution in [3.05, 3.63) is 76.4 Å². The molecule has 0 saturated heterocycles. The Morgan fingerprint density at radius 2 is 1.76 bits per heavy atom. The van der Waals surface area contributed by atoms with Gasteiger partial charge in [-0.25, -0.2) is 4.79 Å². The highest BCUT2D eigenvalue weighted by Crippen LogP contribution is 2.32. The zero-order valence-electron chi connectivity index (χ0n) is 20.2. The molecule has 33 heavy (non-hydrogen) atoms. The lowest BCUT2D eigenvalue weighted by Crippen LogP contribution is -2.45. The summed E-state index contributed by atoms with van der Waals surface area (Å²) >= 11 is 0. The first kappa shape index (κ1) is 25.2. The number of aliphatic carboxylic acids is 1. The van der Waals surface area contributed by atoms with E-state index >= 15 is 0 Å². The molecule has 2 aromatic rings. The Kier molecular flexibility index (Phi) is 8.46. The van der Waals surface area contributed by atoms with Gasteiger partial charge in [-0.05, 0) is 81.2 Å². The number of fused-ring (bicyclic) bond motifs is 1. The van der Waals surface area contributed by atoms with Crippen LogP contribution in [-0.4, -0.2) is 41.0 Å².